The molecule has 2 aromatic carbocycles. The van der Waals surface area contributed by atoms with Crippen LogP contribution in [0.25, 0.3) is 5.69 Å². The Bertz CT molecular complexity index is 1000. The monoisotopic (exact) mass is 393 g/mol. The highest BCUT2D eigenvalue weighted by Gasteiger charge is 2.24. The molecule has 8 heteroatoms. The third kappa shape index (κ3) is 3.91. The van der Waals surface area contributed by atoms with Crippen molar-refractivity contribution >= 4 is 5.91 Å². The van der Waals surface area contributed by atoms with E-state index in [1.165, 1.54) is 16.6 Å². The first-order valence-corrected chi connectivity index (χ1v) is 9.73. The molecule has 3 aromatic rings. The summed E-state index contributed by atoms with van der Waals surface area (Å²) in [6, 6.07) is 11.4. The lowest BCUT2D eigenvalue weighted by Gasteiger charge is -2.30. The third-order valence-electron chi connectivity index (χ3n) is 4.87. The third-order valence-corrected chi connectivity index (χ3v) is 4.87. The summed E-state index contributed by atoms with van der Waals surface area (Å²) in [7, 11) is 0. The van der Waals surface area contributed by atoms with Gasteiger partial charge in [-0.05, 0) is 72.2 Å². The molecule has 0 radical (unpaired) electrons. The number of benzene rings is 2. The normalized spacial score (nSPS) is 13.1. The number of amides is 1. The Balaban J connectivity index is 1.57. The first-order valence-electron chi connectivity index (χ1n) is 9.73. The molecule has 1 aliphatic heterocycles. The zero-order valence-corrected chi connectivity index (χ0v) is 16.5. The van der Waals surface area contributed by atoms with E-state index in [9.17, 15) is 4.79 Å². The maximum Gasteiger partial charge on any atom is 0.254 e. The highest BCUT2D eigenvalue weighted by molar-refractivity contribution is 5.95. The number of carbonyl (C=O) groups is 1. The molecule has 2 heterocycles. The lowest BCUT2D eigenvalue weighted by atomic mass is 9.98. The molecule has 1 amide bonds. The van der Waals surface area contributed by atoms with E-state index < -0.39 is 0 Å². The van der Waals surface area contributed by atoms with Crippen LogP contribution in [-0.4, -0.2) is 50.8 Å². The van der Waals surface area contributed by atoms with Gasteiger partial charge in [-0.25, -0.2) is 4.68 Å². The van der Waals surface area contributed by atoms with Crippen molar-refractivity contribution in [2.24, 2.45) is 0 Å². The molecule has 0 fully saturated rings. The minimum absolute atomic E-state index is 0.0163. The van der Waals surface area contributed by atoms with Crippen molar-refractivity contribution in [3.05, 3.63) is 59.4 Å². The molecule has 1 aliphatic rings. The molecule has 4 rings (SSSR count). The van der Waals surface area contributed by atoms with Gasteiger partial charge in [0.05, 0.1) is 18.9 Å². The van der Waals surface area contributed by atoms with E-state index in [1.54, 1.807) is 6.07 Å². The number of rotatable bonds is 6. The van der Waals surface area contributed by atoms with E-state index in [4.69, 9.17) is 9.47 Å². The topological polar surface area (TPSA) is 82.4 Å². The van der Waals surface area contributed by atoms with Crippen LogP contribution in [0.5, 0.6) is 11.5 Å². The summed E-state index contributed by atoms with van der Waals surface area (Å²) in [5, 5.41) is 11.2. The van der Waals surface area contributed by atoms with Crippen LogP contribution >= 0.6 is 0 Å². The van der Waals surface area contributed by atoms with Gasteiger partial charge in [-0.15, -0.1) is 5.10 Å². The lowest BCUT2D eigenvalue weighted by Crippen LogP contribution is -2.36. The molecule has 0 N–H and O–H groups in total. The molecular formula is C21H23N5O3. The van der Waals surface area contributed by atoms with Gasteiger partial charge in [0.25, 0.3) is 5.91 Å². The zero-order chi connectivity index (χ0) is 20.2. The fraction of sp³-hybridized carbons (Fsp3) is 0.333. The molecule has 0 saturated heterocycles. The van der Waals surface area contributed by atoms with Crippen molar-refractivity contribution in [1.29, 1.82) is 0 Å². The SMILES string of the molecule is CCOc1cc2c(cc1OCC)CN(C(=O)c1cccc(-n3cnnn3)c1)CC2. The highest BCUT2D eigenvalue weighted by Crippen LogP contribution is 2.34. The number of tetrazole rings is 1. The van der Waals surface area contributed by atoms with Crippen molar-refractivity contribution in [2.75, 3.05) is 19.8 Å². The highest BCUT2D eigenvalue weighted by atomic mass is 16.5. The van der Waals surface area contributed by atoms with Crippen LogP contribution in [0.15, 0.2) is 42.7 Å². The summed E-state index contributed by atoms with van der Waals surface area (Å²) in [4.78, 5) is 15.0. The van der Waals surface area contributed by atoms with Crippen LogP contribution < -0.4 is 9.47 Å². The standard InChI is InChI=1S/C21H23N5O3/c1-3-28-19-11-15-8-9-25(13-17(15)12-20(19)29-4-2)21(27)16-6-5-7-18(10-16)26-14-22-23-24-26/h5-7,10-12,14H,3-4,8-9,13H2,1-2H3. The van der Waals surface area contributed by atoms with Crippen molar-refractivity contribution in [1.82, 2.24) is 25.1 Å². The van der Waals surface area contributed by atoms with E-state index in [1.807, 2.05) is 49.1 Å². The molecule has 150 valence electrons. The van der Waals surface area contributed by atoms with Crippen molar-refractivity contribution in [2.45, 2.75) is 26.8 Å². The first kappa shape index (κ1) is 18.9. The number of aromatic nitrogens is 4. The average molecular weight is 393 g/mol. The van der Waals surface area contributed by atoms with E-state index >= 15 is 0 Å². The minimum Gasteiger partial charge on any atom is -0.490 e. The molecule has 0 atom stereocenters. The van der Waals surface area contributed by atoms with Crippen LogP contribution in [0, 0.1) is 0 Å². The Morgan fingerprint density at radius 1 is 1.07 bits per heavy atom. The number of hydrogen-bond acceptors (Lipinski definition) is 6. The Labute approximate surface area is 169 Å². The number of carbonyl (C=O) groups excluding carboxylic acids is 1. The van der Waals surface area contributed by atoms with E-state index in [0.717, 1.165) is 29.2 Å². The van der Waals surface area contributed by atoms with Gasteiger partial charge in [0.15, 0.2) is 11.5 Å². The van der Waals surface area contributed by atoms with Gasteiger partial charge in [0.2, 0.25) is 0 Å². The van der Waals surface area contributed by atoms with E-state index in [0.29, 0.717) is 31.9 Å². The Kier molecular flexibility index (Phi) is 5.41. The molecule has 0 aliphatic carbocycles. The second-order valence-electron chi connectivity index (χ2n) is 6.72. The summed E-state index contributed by atoms with van der Waals surface area (Å²) in [5.74, 6) is 1.47. The Morgan fingerprint density at radius 2 is 1.83 bits per heavy atom. The molecule has 0 spiro atoms. The van der Waals surface area contributed by atoms with Gasteiger partial charge in [-0.2, -0.15) is 0 Å². The molecule has 0 bridgehead atoms. The quantitative estimate of drug-likeness (QED) is 0.640. The fourth-order valence-electron chi connectivity index (χ4n) is 3.52. The maximum atomic E-state index is 13.1. The summed E-state index contributed by atoms with van der Waals surface area (Å²) in [6.07, 6.45) is 2.28. The molecule has 29 heavy (non-hydrogen) atoms. The van der Waals surface area contributed by atoms with Crippen molar-refractivity contribution in [3.8, 4) is 17.2 Å². The number of fused-ring (bicyclic) bond motifs is 1. The summed E-state index contributed by atoms with van der Waals surface area (Å²) >= 11 is 0. The molecule has 1 aromatic heterocycles. The molecule has 0 unspecified atom stereocenters. The first-order chi connectivity index (χ1) is 14.2. The van der Waals surface area contributed by atoms with Crippen molar-refractivity contribution in [3.63, 3.8) is 0 Å². The van der Waals surface area contributed by atoms with Crippen LogP contribution in [0.2, 0.25) is 0 Å². The second kappa shape index (κ2) is 8.30. The van der Waals surface area contributed by atoms with Crippen molar-refractivity contribution < 1.29 is 14.3 Å². The van der Waals surface area contributed by atoms with Crippen LogP contribution in [0.1, 0.15) is 35.3 Å². The van der Waals surface area contributed by atoms with Crippen LogP contribution in [0.4, 0.5) is 0 Å². The predicted molar refractivity (Wildman–Crippen MR) is 106 cm³/mol. The number of nitrogens with zero attached hydrogens (tertiary/aromatic N) is 5. The van der Waals surface area contributed by atoms with E-state index in [-0.39, 0.29) is 5.91 Å². The summed E-state index contributed by atoms with van der Waals surface area (Å²) < 4.78 is 13.0. The smallest absolute Gasteiger partial charge is 0.254 e. The van der Waals surface area contributed by atoms with Crippen LogP contribution in [-0.2, 0) is 13.0 Å². The zero-order valence-electron chi connectivity index (χ0n) is 16.5. The van der Waals surface area contributed by atoms with Crippen LogP contribution in [0.3, 0.4) is 0 Å². The largest absolute Gasteiger partial charge is 0.490 e. The molecular weight excluding hydrogens is 370 g/mol. The van der Waals surface area contributed by atoms with Gasteiger partial charge in [0, 0.05) is 18.7 Å². The van der Waals surface area contributed by atoms with Gasteiger partial charge in [-0.1, -0.05) is 6.07 Å². The second-order valence-corrected chi connectivity index (χ2v) is 6.72. The minimum atomic E-state index is -0.0163. The average Bonchev–Trinajstić information content (AvgIpc) is 3.29. The molecule has 0 saturated carbocycles. The Hall–Kier alpha value is -3.42. The number of ether oxygens (including phenoxy) is 2. The van der Waals surface area contributed by atoms with E-state index in [2.05, 4.69) is 15.5 Å². The lowest BCUT2D eigenvalue weighted by molar-refractivity contribution is 0.0734. The van der Waals surface area contributed by atoms with Gasteiger partial charge < -0.3 is 14.4 Å². The fourth-order valence-corrected chi connectivity index (χ4v) is 3.52. The summed E-state index contributed by atoms with van der Waals surface area (Å²) in [6.45, 7) is 6.24. The predicted octanol–water partition coefficient (Wildman–Crippen LogP) is 2.66. The van der Waals surface area contributed by atoms with Gasteiger partial charge in [-0.3, -0.25) is 4.79 Å². The number of hydrogen-bond donors (Lipinski definition) is 0. The molecule has 8 nitrogen and oxygen atoms in total. The maximum absolute atomic E-state index is 13.1. The summed E-state index contributed by atoms with van der Waals surface area (Å²) in [5.41, 5.74) is 3.65. The Morgan fingerprint density at radius 3 is 2.52 bits per heavy atom. The van der Waals surface area contributed by atoms with Gasteiger partial charge in [0.1, 0.15) is 6.33 Å². The van der Waals surface area contributed by atoms with Gasteiger partial charge >= 0.3 is 0 Å².